The Labute approximate surface area is 245 Å². The molecule has 1 saturated heterocycles. The van der Waals surface area contributed by atoms with Crippen LogP contribution < -0.4 is 16.2 Å². The van der Waals surface area contributed by atoms with Crippen LogP contribution in [-0.4, -0.2) is 51.5 Å². The van der Waals surface area contributed by atoms with Crippen molar-refractivity contribution in [3.8, 4) is 16.9 Å². The van der Waals surface area contributed by atoms with E-state index in [9.17, 15) is 19.5 Å². The van der Waals surface area contributed by atoms with Crippen LogP contribution in [0.5, 0.6) is 5.75 Å². The zero-order chi connectivity index (χ0) is 28.2. The minimum absolute atomic E-state index is 0.0105. The van der Waals surface area contributed by atoms with Gasteiger partial charge in [0, 0.05) is 33.1 Å². The second kappa shape index (κ2) is 12.0. The molecular weight excluding hydrogens is 621 g/mol. The van der Waals surface area contributed by atoms with E-state index in [2.05, 4.69) is 50.2 Å². The lowest BCUT2D eigenvalue weighted by Gasteiger charge is -2.30. The van der Waals surface area contributed by atoms with Crippen molar-refractivity contribution in [3.63, 3.8) is 0 Å². The number of anilines is 2. The molecule has 0 aliphatic carbocycles. The number of nitrogens with zero attached hydrogens (tertiary/aromatic N) is 3. The number of carbonyl (C=O) groups is 2. The molecule has 40 heavy (non-hydrogen) atoms. The first kappa shape index (κ1) is 27.5. The molecule has 0 unspecified atom stereocenters. The lowest BCUT2D eigenvalue weighted by atomic mass is 10.0. The van der Waals surface area contributed by atoms with Gasteiger partial charge in [0.05, 0.1) is 11.3 Å². The highest BCUT2D eigenvalue weighted by molar-refractivity contribution is 14.1. The number of amides is 2. The zero-order valence-corrected chi connectivity index (χ0v) is 24.0. The number of hydrogen-bond donors (Lipinski definition) is 3. The summed E-state index contributed by atoms with van der Waals surface area (Å²) in [6.07, 6.45) is 5.31. The van der Waals surface area contributed by atoms with Gasteiger partial charge < -0.3 is 25.2 Å². The van der Waals surface area contributed by atoms with Gasteiger partial charge in [-0.3, -0.25) is 14.4 Å². The third-order valence-electron chi connectivity index (χ3n) is 7.01. The average Bonchev–Trinajstić information content (AvgIpc) is 2.96. The number of phenols is 1. The number of hydrogen-bond acceptors (Lipinski definition) is 6. The number of halogens is 1. The van der Waals surface area contributed by atoms with Gasteiger partial charge in [-0.2, -0.15) is 0 Å². The van der Waals surface area contributed by atoms with Gasteiger partial charge in [-0.15, -0.1) is 0 Å². The number of carbonyl (C=O) groups excluding carboxylic acids is 2. The van der Waals surface area contributed by atoms with E-state index in [4.69, 9.17) is 0 Å². The maximum atomic E-state index is 13.3. The SMILES string of the molecule is CN1CCC(n2cccc(-c3ccc(C(=O)Nc4c(O)cccc4C(=O)Nc4ccc(I)cn4)cc3)c2=O)CC1. The number of rotatable bonds is 6. The molecule has 1 aliphatic heterocycles. The summed E-state index contributed by atoms with van der Waals surface area (Å²) >= 11 is 2.11. The number of aromatic hydroxyl groups is 1. The molecule has 10 heteroatoms. The van der Waals surface area contributed by atoms with Crippen LogP contribution in [0.25, 0.3) is 11.1 Å². The van der Waals surface area contributed by atoms with E-state index < -0.39 is 11.8 Å². The number of likely N-dealkylation sites (tertiary alicyclic amines) is 1. The highest BCUT2D eigenvalue weighted by Crippen LogP contribution is 2.29. The number of pyridine rings is 2. The number of phenolic OH excluding ortho intramolecular Hbond substituents is 1. The van der Waals surface area contributed by atoms with Crippen LogP contribution in [0, 0.1) is 3.57 Å². The monoisotopic (exact) mass is 649 g/mol. The first-order valence-corrected chi connectivity index (χ1v) is 13.9. The Kier molecular flexibility index (Phi) is 8.27. The van der Waals surface area contributed by atoms with E-state index in [1.165, 1.54) is 18.2 Å². The van der Waals surface area contributed by atoms with E-state index in [0.29, 0.717) is 22.5 Å². The number of nitrogens with one attached hydrogen (secondary N) is 2. The van der Waals surface area contributed by atoms with Crippen LogP contribution in [-0.2, 0) is 0 Å². The van der Waals surface area contributed by atoms with Crippen molar-refractivity contribution in [2.45, 2.75) is 18.9 Å². The number of para-hydroxylation sites is 1. The summed E-state index contributed by atoms with van der Waals surface area (Å²) in [5.74, 6) is -0.934. The topological polar surface area (TPSA) is 117 Å². The Morgan fingerprint density at radius 1 is 0.950 bits per heavy atom. The Balaban J connectivity index is 1.33. The summed E-state index contributed by atoms with van der Waals surface area (Å²) in [5.41, 5.74) is 1.60. The van der Waals surface area contributed by atoms with Crippen molar-refractivity contribution in [2.75, 3.05) is 30.8 Å². The van der Waals surface area contributed by atoms with Gasteiger partial charge in [0.15, 0.2) is 0 Å². The molecule has 3 heterocycles. The van der Waals surface area contributed by atoms with Crippen molar-refractivity contribution in [1.29, 1.82) is 0 Å². The summed E-state index contributed by atoms with van der Waals surface area (Å²) in [5, 5.41) is 15.8. The molecule has 0 bridgehead atoms. The third-order valence-corrected chi connectivity index (χ3v) is 7.65. The Hall–Kier alpha value is -4.03. The highest BCUT2D eigenvalue weighted by atomic mass is 127. The molecule has 204 valence electrons. The van der Waals surface area contributed by atoms with Gasteiger partial charge in [-0.25, -0.2) is 4.98 Å². The molecule has 3 N–H and O–H groups in total. The van der Waals surface area contributed by atoms with Gasteiger partial charge in [-0.1, -0.05) is 18.2 Å². The van der Waals surface area contributed by atoms with Crippen molar-refractivity contribution in [2.24, 2.45) is 0 Å². The molecule has 1 aliphatic rings. The number of aromatic nitrogens is 2. The summed E-state index contributed by atoms with van der Waals surface area (Å²) in [6, 6.07) is 18.4. The maximum absolute atomic E-state index is 13.3. The molecule has 4 aromatic rings. The minimum atomic E-state index is -0.528. The molecule has 1 fully saturated rings. The van der Waals surface area contributed by atoms with Crippen LogP contribution in [0.3, 0.4) is 0 Å². The molecular formula is C30H28IN5O4. The quantitative estimate of drug-likeness (QED) is 0.200. The van der Waals surface area contributed by atoms with E-state index in [1.54, 1.807) is 48.7 Å². The summed E-state index contributed by atoms with van der Waals surface area (Å²) < 4.78 is 2.74. The van der Waals surface area contributed by atoms with E-state index in [1.807, 2.05) is 16.8 Å². The average molecular weight is 649 g/mol. The lowest BCUT2D eigenvalue weighted by Crippen LogP contribution is -2.35. The Morgan fingerprint density at radius 2 is 1.70 bits per heavy atom. The molecule has 2 amide bonds. The summed E-state index contributed by atoms with van der Waals surface area (Å²) in [7, 11) is 2.09. The maximum Gasteiger partial charge on any atom is 0.259 e. The predicted octanol–water partition coefficient (Wildman–Crippen LogP) is 4.99. The first-order valence-electron chi connectivity index (χ1n) is 12.9. The van der Waals surface area contributed by atoms with E-state index >= 15 is 0 Å². The van der Waals surface area contributed by atoms with Gasteiger partial charge in [-0.05, 0) is 110 Å². The second-order valence-electron chi connectivity index (χ2n) is 9.72. The summed E-state index contributed by atoms with van der Waals surface area (Å²) in [6.45, 7) is 1.90. The van der Waals surface area contributed by atoms with Crippen LogP contribution >= 0.6 is 22.6 Å². The van der Waals surface area contributed by atoms with E-state index in [-0.39, 0.29) is 28.6 Å². The fourth-order valence-electron chi connectivity index (χ4n) is 4.77. The Morgan fingerprint density at radius 3 is 2.40 bits per heavy atom. The highest BCUT2D eigenvalue weighted by Gasteiger charge is 2.21. The van der Waals surface area contributed by atoms with Crippen LogP contribution in [0.2, 0.25) is 0 Å². The third kappa shape index (κ3) is 6.07. The fourth-order valence-corrected chi connectivity index (χ4v) is 5.09. The van der Waals surface area contributed by atoms with Crippen molar-refractivity contribution in [3.05, 3.63) is 104 Å². The van der Waals surface area contributed by atoms with Gasteiger partial charge in [0.25, 0.3) is 17.4 Å². The van der Waals surface area contributed by atoms with Crippen molar-refractivity contribution in [1.82, 2.24) is 14.5 Å². The van der Waals surface area contributed by atoms with Gasteiger partial charge in [0.2, 0.25) is 0 Å². The molecule has 5 rings (SSSR count). The molecule has 9 nitrogen and oxygen atoms in total. The predicted molar refractivity (Wildman–Crippen MR) is 163 cm³/mol. The molecule has 2 aromatic heterocycles. The normalized spacial score (nSPS) is 14.1. The number of piperidine rings is 1. The largest absolute Gasteiger partial charge is 0.506 e. The van der Waals surface area contributed by atoms with Crippen LogP contribution in [0.15, 0.2) is 83.9 Å². The molecule has 0 atom stereocenters. The molecule has 2 aromatic carbocycles. The standard InChI is InChI=1S/C30H28IN5O4/c1-35-16-13-22(14-17-35)36-15-3-5-23(30(36)40)19-7-9-20(10-8-19)28(38)34-27-24(4-2-6-25(27)37)29(39)33-26-12-11-21(31)18-32-26/h2-12,15,18,22,37H,13-14,16-17H2,1H3,(H,34,38)(H,32,33,39). The molecule has 0 spiro atoms. The van der Waals surface area contributed by atoms with Crippen LogP contribution in [0.4, 0.5) is 11.5 Å². The smallest absolute Gasteiger partial charge is 0.259 e. The van der Waals surface area contributed by atoms with E-state index in [0.717, 1.165) is 29.5 Å². The number of benzene rings is 2. The van der Waals surface area contributed by atoms with Gasteiger partial charge in [0.1, 0.15) is 11.6 Å². The Bertz CT molecular complexity index is 1590. The fraction of sp³-hybridized carbons (Fsp3) is 0.200. The van der Waals surface area contributed by atoms with Crippen molar-refractivity contribution < 1.29 is 14.7 Å². The summed E-state index contributed by atoms with van der Waals surface area (Å²) in [4.78, 5) is 45.8. The molecule has 0 radical (unpaired) electrons. The van der Waals surface area contributed by atoms with Crippen LogP contribution in [0.1, 0.15) is 39.6 Å². The van der Waals surface area contributed by atoms with Gasteiger partial charge >= 0.3 is 0 Å². The zero-order valence-electron chi connectivity index (χ0n) is 21.8. The second-order valence-corrected chi connectivity index (χ2v) is 11.0. The molecule has 0 saturated carbocycles. The minimum Gasteiger partial charge on any atom is -0.506 e. The lowest BCUT2D eigenvalue weighted by molar-refractivity contribution is 0.102. The first-order chi connectivity index (χ1) is 19.3. The van der Waals surface area contributed by atoms with Crippen molar-refractivity contribution >= 4 is 45.9 Å².